The van der Waals surface area contributed by atoms with E-state index in [-0.39, 0.29) is 0 Å². The monoisotopic (exact) mass is 216 g/mol. The van der Waals surface area contributed by atoms with E-state index in [1.165, 1.54) is 0 Å². The Morgan fingerprint density at radius 1 is 1.25 bits per heavy atom. The van der Waals surface area contributed by atoms with Crippen LogP contribution in [-0.4, -0.2) is 14.8 Å². The highest BCUT2D eigenvalue weighted by Crippen LogP contribution is 2.20. The summed E-state index contributed by atoms with van der Waals surface area (Å²) in [7, 11) is 0. The first kappa shape index (κ1) is 10.7. The molecule has 0 spiro atoms. The lowest BCUT2D eigenvalue weighted by atomic mass is 10.1. The molecule has 1 heterocycles. The van der Waals surface area contributed by atoms with Crippen LogP contribution in [0, 0.1) is 6.92 Å². The zero-order chi connectivity index (χ0) is 11.7. The van der Waals surface area contributed by atoms with Crippen molar-refractivity contribution in [3.63, 3.8) is 0 Å². The molecule has 0 unspecified atom stereocenters. The molecular weight excluding hydrogens is 200 g/mol. The number of aryl methyl sites for hydroxylation is 1. The first-order valence-corrected chi connectivity index (χ1v) is 5.38. The molecule has 0 saturated heterocycles. The first-order chi connectivity index (χ1) is 7.59. The van der Waals surface area contributed by atoms with Gasteiger partial charge < -0.3 is 5.73 Å². The number of nitrogens with zero attached hydrogens (tertiary/aromatic N) is 3. The van der Waals surface area contributed by atoms with Crippen LogP contribution in [0.25, 0.3) is 5.69 Å². The van der Waals surface area contributed by atoms with Gasteiger partial charge >= 0.3 is 0 Å². The van der Waals surface area contributed by atoms with E-state index in [1.807, 2.05) is 22.9 Å². The second-order valence-electron chi connectivity index (χ2n) is 4.18. The fourth-order valence-electron chi connectivity index (χ4n) is 1.69. The smallest absolute Gasteiger partial charge is 0.240 e. The SMILES string of the molecule is Cc1ccccc1-n1nc(N)nc1C(C)C. The van der Waals surface area contributed by atoms with Gasteiger partial charge in [-0.25, -0.2) is 4.68 Å². The van der Waals surface area contributed by atoms with Gasteiger partial charge in [0.25, 0.3) is 0 Å². The number of nitrogen functional groups attached to an aromatic ring is 1. The van der Waals surface area contributed by atoms with Gasteiger partial charge in [0, 0.05) is 5.92 Å². The Bertz CT molecular complexity index is 499. The number of anilines is 1. The molecule has 1 aromatic carbocycles. The Balaban J connectivity index is 2.60. The predicted octanol–water partition coefficient (Wildman–Crippen LogP) is 2.28. The molecule has 16 heavy (non-hydrogen) atoms. The number of benzene rings is 1. The van der Waals surface area contributed by atoms with Crippen LogP contribution in [0.5, 0.6) is 0 Å². The van der Waals surface area contributed by atoms with Crippen molar-refractivity contribution < 1.29 is 0 Å². The van der Waals surface area contributed by atoms with E-state index < -0.39 is 0 Å². The van der Waals surface area contributed by atoms with Gasteiger partial charge in [-0.3, -0.25) is 0 Å². The summed E-state index contributed by atoms with van der Waals surface area (Å²) in [6.07, 6.45) is 0. The number of hydrogen-bond acceptors (Lipinski definition) is 3. The van der Waals surface area contributed by atoms with Crippen LogP contribution in [0.4, 0.5) is 5.95 Å². The molecule has 0 fully saturated rings. The highest BCUT2D eigenvalue weighted by Gasteiger charge is 2.13. The molecule has 4 nitrogen and oxygen atoms in total. The average molecular weight is 216 g/mol. The maximum Gasteiger partial charge on any atom is 0.240 e. The van der Waals surface area contributed by atoms with Gasteiger partial charge in [0.15, 0.2) is 0 Å². The molecule has 2 rings (SSSR count). The highest BCUT2D eigenvalue weighted by atomic mass is 15.4. The quantitative estimate of drug-likeness (QED) is 0.837. The van der Waals surface area contributed by atoms with Crippen molar-refractivity contribution in [3.05, 3.63) is 35.7 Å². The van der Waals surface area contributed by atoms with Crippen LogP contribution in [0.3, 0.4) is 0 Å². The summed E-state index contributed by atoms with van der Waals surface area (Å²) in [6, 6.07) is 8.07. The first-order valence-electron chi connectivity index (χ1n) is 5.38. The fourth-order valence-corrected chi connectivity index (χ4v) is 1.69. The predicted molar refractivity (Wildman–Crippen MR) is 64.6 cm³/mol. The second-order valence-corrected chi connectivity index (χ2v) is 4.18. The average Bonchev–Trinajstić information content (AvgIpc) is 2.61. The van der Waals surface area contributed by atoms with Gasteiger partial charge in [-0.1, -0.05) is 32.0 Å². The molecule has 0 aliphatic heterocycles. The van der Waals surface area contributed by atoms with E-state index in [4.69, 9.17) is 5.73 Å². The normalized spacial score (nSPS) is 11.0. The van der Waals surface area contributed by atoms with Crippen molar-refractivity contribution in [1.82, 2.24) is 14.8 Å². The lowest BCUT2D eigenvalue weighted by Gasteiger charge is -2.10. The molecule has 0 radical (unpaired) electrons. The topological polar surface area (TPSA) is 56.7 Å². The van der Waals surface area contributed by atoms with E-state index in [2.05, 4.69) is 36.9 Å². The second kappa shape index (κ2) is 3.96. The van der Waals surface area contributed by atoms with Gasteiger partial charge in [-0.15, -0.1) is 5.10 Å². The summed E-state index contributed by atoms with van der Waals surface area (Å²) in [4.78, 5) is 4.26. The molecule has 4 heteroatoms. The van der Waals surface area contributed by atoms with Crippen molar-refractivity contribution in [1.29, 1.82) is 0 Å². The molecule has 84 valence electrons. The molecular formula is C12H16N4. The van der Waals surface area contributed by atoms with Crippen molar-refractivity contribution in [3.8, 4) is 5.69 Å². The third kappa shape index (κ3) is 1.78. The molecule has 2 N–H and O–H groups in total. The number of para-hydroxylation sites is 1. The minimum Gasteiger partial charge on any atom is -0.366 e. The molecule has 0 bridgehead atoms. The lowest BCUT2D eigenvalue weighted by Crippen LogP contribution is -2.06. The van der Waals surface area contributed by atoms with Crippen molar-refractivity contribution in [2.75, 3.05) is 5.73 Å². The zero-order valence-corrected chi connectivity index (χ0v) is 9.81. The van der Waals surface area contributed by atoms with Gasteiger partial charge in [0.05, 0.1) is 5.69 Å². The van der Waals surface area contributed by atoms with Crippen LogP contribution < -0.4 is 5.73 Å². The zero-order valence-electron chi connectivity index (χ0n) is 9.81. The molecule has 0 amide bonds. The third-order valence-corrected chi connectivity index (χ3v) is 2.51. The summed E-state index contributed by atoms with van der Waals surface area (Å²) in [5.41, 5.74) is 7.86. The van der Waals surface area contributed by atoms with Crippen molar-refractivity contribution >= 4 is 5.95 Å². The van der Waals surface area contributed by atoms with Gasteiger partial charge in [0.1, 0.15) is 5.82 Å². The van der Waals surface area contributed by atoms with E-state index in [0.29, 0.717) is 11.9 Å². The maximum atomic E-state index is 5.66. The standard InChI is InChI=1S/C12H16N4/c1-8(2)11-14-12(13)15-16(11)10-7-5-4-6-9(10)3/h4-8H,1-3H3,(H2,13,15). The third-order valence-electron chi connectivity index (χ3n) is 2.51. The Hall–Kier alpha value is -1.84. The summed E-state index contributed by atoms with van der Waals surface area (Å²) < 4.78 is 1.83. The van der Waals surface area contributed by atoms with Crippen LogP contribution >= 0.6 is 0 Å². The van der Waals surface area contributed by atoms with Gasteiger partial charge in [0.2, 0.25) is 5.95 Å². The van der Waals surface area contributed by atoms with Crippen LogP contribution in [0.15, 0.2) is 24.3 Å². The lowest BCUT2D eigenvalue weighted by molar-refractivity contribution is 0.712. The molecule has 0 aliphatic carbocycles. The number of aromatic nitrogens is 3. The molecule has 2 aromatic rings. The fraction of sp³-hybridized carbons (Fsp3) is 0.333. The van der Waals surface area contributed by atoms with Gasteiger partial charge in [-0.2, -0.15) is 4.98 Å². The van der Waals surface area contributed by atoms with Crippen molar-refractivity contribution in [2.45, 2.75) is 26.7 Å². The minimum atomic E-state index is 0.296. The molecule has 0 atom stereocenters. The van der Waals surface area contributed by atoms with Crippen LogP contribution in [0.1, 0.15) is 31.2 Å². The highest BCUT2D eigenvalue weighted by molar-refractivity contribution is 5.41. The Morgan fingerprint density at radius 2 is 1.94 bits per heavy atom. The summed E-state index contributed by atoms with van der Waals surface area (Å²) in [5.74, 6) is 1.52. The Kier molecular flexibility index (Phi) is 2.64. The Labute approximate surface area is 95.1 Å². The Morgan fingerprint density at radius 3 is 2.56 bits per heavy atom. The molecule has 1 aromatic heterocycles. The summed E-state index contributed by atoms with van der Waals surface area (Å²) >= 11 is 0. The number of rotatable bonds is 2. The molecule has 0 saturated carbocycles. The largest absolute Gasteiger partial charge is 0.366 e. The maximum absolute atomic E-state index is 5.66. The summed E-state index contributed by atoms with van der Waals surface area (Å²) in [6.45, 7) is 6.22. The van der Waals surface area contributed by atoms with E-state index in [0.717, 1.165) is 17.1 Å². The van der Waals surface area contributed by atoms with E-state index >= 15 is 0 Å². The summed E-state index contributed by atoms with van der Waals surface area (Å²) in [5, 5.41) is 4.25. The van der Waals surface area contributed by atoms with E-state index in [9.17, 15) is 0 Å². The van der Waals surface area contributed by atoms with E-state index in [1.54, 1.807) is 0 Å². The number of nitrogens with two attached hydrogens (primary N) is 1. The van der Waals surface area contributed by atoms with Crippen LogP contribution in [0.2, 0.25) is 0 Å². The molecule has 0 aliphatic rings. The van der Waals surface area contributed by atoms with Gasteiger partial charge in [-0.05, 0) is 18.6 Å². The van der Waals surface area contributed by atoms with Crippen molar-refractivity contribution in [2.24, 2.45) is 0 Å². The minimum absolute atomic E-state index is 0.296. The number of hydrogen-bond donors (Lipinski definition) is 1. The van der Waals surface area contributed by atoms with Crippen LogP contribution in [-0.2, 0) is 0 Å².